The van der Waals surface area contributed by atoms with E-state index in [1.165, 1.54) is 18.9 Å². The fourth-order valence-electron chi connectivity index (χ4n) is 4.55. The van der Waals surface area contributed by atoms with Crippen molar-refractivity contribution in [2.45, 2.75) is 19.3 Å². The monoisotopic (exact) mass is 511 g/mol. The van der Waals surface area contributed by atoms with E-state index in [-0.39, 0.29) is 18.2 Å². The van der Waals surface area contributed by atoms with Gasteiger partial charge in [-0.1, -0.05) is 35.9 Å². The zero-order valence-electron chi connectivity index (χ0n) is 19.2. The molecule has 4 aromatic rings. The summed E-state index contributed by atoms with van der Waals surface area (Å²) in [5, 5.41) is 11.3. The maximum absolute atomic E-state index is 13.0. The SMILES string of the molecule is Cl.O=c1oc2cc(O)ccc2c(Cc2ccc(OCCN3CCCC3)cc2)c1-c1ccc(Cl)cc1. The Morgan fingerprint density at radius 3 is 2.40 bits per heavy atom. The highest BCUT2D eigenvalue weighted by Crippen LogP contribution is 2.32. The number of fused-ring (bicyclic) bond motifs is 1. The lowest BCUT2D eigenvalue weighted by molar-refractivity contribution is 0.238. The Morgan fingerprint density at radius 2 is 1.69 bits per heavy atom. The Hall–Kier alpha value is -2.99. The summed E-state index contributed by atoms with van der Waals surface area (Å²) < 4.78 is 11.5. The minimum absolute atomic E-state index is 0. The highest BCUT2D eigenvalue weighted by atomic mass is 35.5. The quantitative estimate of drug-likeness (QED) is 0.294. The van der Waals surface area contributed by atoms with E-state index in [4.69, 9.17) is 20.8 Å². The molecule has 2 heterocycles. The second-order valence-corrected chi connectivity index (χ2v) is 9.08. The molecule has 0 unspecified atom stereocenters. The van der Waals surface area contributed by atoms with Crippen molar-refractivity contribution < 1.29 is 14.3 Å². The predicted octanol–water partition coefficient (Wildman–Crippen LogP) is 6.31. The fourth-order valence-corrected chi connectivity index (χ4v) is 4.68. The molecule has 0 atom stereocenters. The minimum atomic E-state index is -0.447. The normalized spacial score (nSPS) is 13.6. The number of hydrogen-bond donors (Lipinski definition) is 1. The average Bonchev–Trinajstić information content (AvgIpc) is 3.34. The maximum atomic E-state index is 13.0. The summed E-state index contributed by atoms with van der Waals surface area (Å²) in [6.45, 7) is 3.95. The summed E-state index contributed by atoms with van der Waals surface area (Å²) in [5.41, 5.74) is 3.04. The second kappa shape index (κ2) is 11.2. The molecule has 3 aromatic carbocycles. The van der Waals surface area contributed by atoms with Crippen LogP contribution >= 0.6 is 24.0 Å². The van der Waals surface area contributed by atoms with E-state index in [2.05, 4.69) is 4.90 Å². The molecule has 0 radical (unpaired) electrons. The molecular formula is C28H27Cl2NO4. The van der Waals surface area contributed by atoms with Crippen LogP contribution in [0.1, 0.15) is 24.0 Å². The van der Waals surface area contributed by atoms with Gasteiger partial charge in [-0.3, -0.25) is 4.90 Å². The average molecular weight is 512 g/mol. The number of halogens is 2. The van der Waals surface area contributed by atoms with Crippen LogP contribution in [0.5, 0.6) is 11.5 Å². The van der Waals surface area contributed by atoms with Crippen LogP contribution in [0.25, 0.3) is 22.1 Å². The van der Waals surface area contributed by atoms with Crippen molar-refractivity contribution in [1.29, 1.82) is 0 Å². The van der Waals surface area contributed by atoms with Crippen molar-refractivity contribution in [2.24, 2.45) is 0 Å². The van der Waals surface area contributed by atoms with Crippen LogP contribution in [-0.2, 0) is 6.42 Å². The summed E-state index contributed by atoms with van der Waals surface area (Å²) in [6, 6.07) is 20.0. The second-order valence-electron chi connectivity index (χ2n) is 8.65. The Morgan fingerprint density at radius 1 is 0.971 bits per heavy atom. The van der Waals surface area contributed by atoms with E-state index in [1.54, 1.807) is 24.3 Å². The van der Waals surface area contributed by atoms with Crippen LogP contribution in [0.2, 0.25) is 5.02 Å². The highest BCUT2D eigenvalue weighted by Gasteiger charge is 2.18. The van der Waals surface area contributed by atoms with E-state index >= 15 is 0 Å². The molecule has 0 spiro atoms. The molecule has 1 fully saturated rings. The zero-order valence-corrected chi connectivity index (χ0v) is 20.8. The summed E-state index contributed by atoms with van der Waals surface area (Å²) in [4.78, 5) is 15.4. The van der Waals surface area contributed by atoms with Crippen molar-refractivity contribution in [3.05, 3.63) is 93.3 Å². The van der Waals surface area contributed by atoms with Gasteiger partial charge >= 0.3 is 5.63 Å². The first-order valence-corrected chi connectivity index (χ1v) is 11.9. The third kappa shape index (κ3) is 5.81. The lowest BCUT2D eigenvalue weighted by Gasteiger charge is -2.15. The number of nitrogens with zero attached hydrogens (tertiary/aromatic N) is 1. The number of ether oxygens (including phenoxy) is 1. The lowest BCUT2D eigenvalue weighted by Crippen LogP contribution is -2.25. The molecule has 7 heteroatoms. The molecule has 5 rings (SSSR count). The van der Waals surface area contributed by atoms with E-state index < -0.39 is 5.63 Å². The van der Waals surface area contributed by atoms with Gasteiger partial charge in [0.25, 0.3) is 0 Å². The van der Waals surface area contributed by atoms with Gasteiger partial charge in [0.1, 0.15) is 23.7 Å². The van der Waals surface area contributed by atoms with Gasteiger partial charge < -0.3 is 14.3 Å². The number of rotatable bonds is 7. The summed E-state index contributed by atoms with van der Waals surface area (Å²) in [5.74, 6) is 0.888. The molecule has 1 aliphatic heterocycles. The molecular weight excluding hydrogens is 485 g/mol. The van der Waals surface area contributed by atoms with Crippen LogP contribution in [0.15, 0.2) is 75.9 Å². The van der Waals surface area contributed by atoms with Crippen LogP contribution in [0, 0.1) is 0 Å². The predicted molar refractivity (Wildman–Crippen MR) is 142 cm³/mol. The molecule has 0 amide bonds. The van der Waals surface area contributed by atoms with Gasteiger partial charge in [0.05, 0.1) is 5.56 Å². The largest absolute Gasteiger partial charge is 0.508 e. The smallest absolute Gasteiger partial charge is 0.344 e. The summed E-state index contributed by atoms with van der Waals surface area (Å²) in [6.07, 6.45) is 3.08. The van der Waals surface area contributed by atoms with Crippen molar-refractivity contribution in [2.75, 3.05) is 26.2 Å². The van der Waals surface area contributed by atoms with Crippen LogP contribution in [0.4, 0.5) is 0 Å². The molecule has 182 valence electrons. The molecule has 1 saturated heterocycles. The number of benzene rings is 3. The van der Waals surface area contributed by atoms with Crippen molar-refractivity contribution >= 4 is 35.0 Å². The van der Waals surface area contributed by atoms with Crippen LogP contribution in [0.3, 0.4) is 0 Å². The van der Waals surface area contributed by atoms with E-state index in [1.807, 2.05) is 36.4 Å². The van der Waals surface area contributed by atoms with E-state index in [0.717, 1.165) is 47.5 Å². The number of hydrogen-bond acceptors (Lipinski definition) is 5. The highest BCUT2D eigenvalue weighted by molar-refractivity contribution is 6.30. The number of phenols is 1. The van der Waals surface area contributed by atoms with Gasteiger partial charge in [-0.25, -0.2) is 4.79 Å². The third-order valence-electron chi connectivity index (χ3n) is 6.31. The van der Waals surface area contributed by atoms with Gasteiger partial charge in [0, 0.05) is 23.0 Å². The Balaban J connectivity index is 0.00000289. The molecule has 0 saturated carbocycles. The van der Waals surface area contributed by atoms with Gasteiger partial charge in [0.2, 0.25) is 0 Å². The zero-order chi connectivity index (χ0) is 23.5. The third-order valence-corrected chi connectivity index (χ3v) is 6.56. The molecule has 1 aromatic heterocycles. The van der Waals surface area contributed by atoms with Gasteiger partial charge in [-0.15, -0.1) is 12.4 Å². The summed E-state index contributed by atoms with van der Waals surface area (Å²) in [7, 11) is 0. The molecule has 5 nitrogen and oxygen atoms in total. The van der Waals surface area contributed by atoms with Gasteiger partial charge in [0.15, 0.2) is 0 Å². The number of aromatic hydroxyl groups is 1. The topological polar surface area (TPSA) is 62.9 Å². The first-order chi connectivity index (χ1) is 16.6. The Kier molecular flexibility index (Phi) is 8.01. The maximum Gasteiger partial charge on any atom is 0.344 e. The van der Waals surface area contributed by atoms with Gasteiger partial charge in [-0.05, 0) is 85.4 Å². The molecule has 0 bridgehead atoms. The fraction of sp³-hybridized carbons (Fsp3) is 0.250. The van der Waals surface area contributed by atoms with Crippen LogP contribution in [-0.4, -0.2) is 36.2 Å². The first-order valence-electron chi connectivity index (χ1n) is 11.6. The number of likely N-dealkylation sites (tertiary alicyclic amines) is 1. The van der Waals surface area contributed by atoms with Crippen LogP contribution < -0.4 is 10.4 Å². The van der Waals surface area contributed by atoms with Crippen molar-refractivity contribution in [1.82, 2.24) is 4.90 Å². The standard InChI is InChI=1S/C28H26ClNO4.ClH/c29-21-7-5-20(6-8-21)27-25(24-12-9-22(31)18-26(24)34-28(27)32)17-19-3-10-23(11-4-19)33-16-15-30-13-1-2-14-30;/h3-12,18,31H,1-2,13-17H2;1H. The first kappa shape index (κ1) is 25.1. The molecule has 35 heavy (non-hydrogen) atoms. The molecule has 0 aliphatic carbocycles. The molecule has 1 N–H and O–H groups in total. The lowest BCUT2D eigenvalue weighted by atomic mass is 9.93. The van der Waals surface area contributed by atoms with E-state index in [0.29, 0.717) is 29.2 Å². The van der Waals surface area contributed by atoms with Crippen molar-refractivity contribution in [3.63, 3.8) is 0 Å². The number of phenolic OH excluding ortho intramolecular Hbond substituents is 1. The summed E-state index contributed by atoms with van der Waals surface area (Å²) >= 11 is 6.06. The van der Waals surface area contributed by atoms with Gasteiger partial charge in [-0.2, -0.15) is 0 Å². The Bertz CT molecular complexity index is 1340. The Labute approximate surface area is 215 Å². The molecule has 1 aliphatic rings. The minimum Gasteiger partial charge on any atom is -0.508 e. The van der Waals surface area contributed by atoms with Crippen molar-refractivity contribution in [3.8, 4) is 22.6 Å². The van der Waals surface area contributed by atoms with E-state index in [9.17, 15) is 9.90 Å².